The summed E-state index contributed by atoms with van der Waals surface area (Å²) in [4.78, 5) is 30.0. The van der Waals surface area contributed by atoms with Gasteiger partial charge in [0.15, 0.2) is 5.13 Å². The van der Waals surface area contributed by atoms with Crippen LogP contribution < -0.4 is 10.6 Å². The number of benzene rings is 3. The van der Waals surface area contributed by atoms with E-state index in [9.17, 15) is 9.59 Å². The summed E-state index contributed by atoms with van der Waals surface area (Å²) in [6.07, 6.45) is 0. The Morgan fingerprint density at radius 3 is 2.57 bits per heavy atom. The largest absolute Gasteiger partial charge is 0.322 e. The van der Waals surface area contributed by atoms with Gasteiger partial charge in [-0.2, -0.15) is 0 Å². The minimum atomic E-state index is -0.161. The third-order valence-electron chi connectivity index (χ3n) is 4.32. The molecular weight excluding hydrogens is 414 g/mol. The lowest BCUT2D eigenvalue weighted by Gasteiger charge is -2.08. The Balaban J connectivity index is 1.34. The molecule has 4 rings (SSSR count). The number of rotatable bonds is 6. The molecule has 1 heterocycles. The van der Waals surface area contributed by atoms with Gasteiger partial charge < -0.3 is 10.6 Å². The van der Waals surface area contributed by atoms with Crippen molar-refractivity contribution < 1.29 is 9.59 Å². The number of aromatic nitrogens is 1. The molecule has 0 aliphatic carbocycles. The van der Waals surface area contributed by atoms with Gasteiger partial charge in [-0.15, -0.1) is 11.8 Å². The van der Waals surface area contributed by atoms with Crippen LogP contribution in [0.3, 0.4) is 0 Å². The number of thiazole rings is 1. The Labute approximate surface area is 182 Å². The molecule has 5 nitrogen and oxygen atoms in total. The molecule has 4 aromatic rings. The summed E-state index contributed by atoms with van der Waals surface area (Å²) < 4.78 is 1.04. The molecule has 2 amide bonds. The lowest BCUT2D eigenvalue weighted by atomic mass is 10.1. The van der Waals surface area contributed by atoms with Gasteiger partial charge in [-0.3, -0.25) is 9.59 Å². The summed E-state index contributed by atoms with van der Waals surface area (Å²) in [6, 6.07) is 22.7. The maximum Gasteiger partial charge on any atom is 0.255 e. The van der Waals surface area contributed by atoms with Crippen LogP contribution in [0.25, 0.3) is 10.2 Å². The van der Waals surface area contributed by atoms with E-state index in [0.717, 1.165) is 20.7 Å². The zero-order valence-electron chi connectivity index (χ0n) is 16.2. The second-order valence-electron chi connectivity index (χ2n) is 6.67. The molecule has 2 N–H and O–H groups in total. The summed E-state index contributed by atoms with van der Waals surface area (Å²) in [5.74, 6) is -0.0236. The van der Waals surface area contributed by atoms with Crippen LogP contribution in [0.15, 0.2) is 77.7 Å². The molecule has 0 atom stereocenters. The molecule has 0 aliphatic heterocycles. The maximum atomic E-state index is 12.4. The molecule has 0 spiro atoms. The summed E-state index contributed by atoms with van der Waals surface area (Å²) in [5.41, 5.74) is 3.28. The summed E-state index contributed by atoms with van der Waals surface area (Å²) in [5, 5.41) is 6.35. The molecule has 1 aromatic heterocycles. The average Bonchev–Trinajstić information content (AvgIpc) is 3.15. The molecule has 150 valence electrons. The fourth-order valence-electron chi connectivity index (χ4n) is 2.80. The van der Waals surface area contributed by atoms with E-state index in [1.165, 1.54) is 23.1 Å². The quantitative estimate of drug-likeness (QED) is 0.389. The smallest absolute Gasteiger partial charge is 0.255 e. The van der Waals surface area contributed by atoms with Crippen LogP contribution >= 0.6 is 23.1 Å². The van der Waals surface area contributed by atoms with Crippen LogP contribution in [-0.2, 0) is 4.79 Å². The van der Waals surface area contributed by atoms with Gasteiger partial charge in [0.2, 0.25) is 5.91 Å². The van der Waals surface area contributed by atoms with E-state index in [4.69, 9.17) is 0 Å². The highest BCUT2D eigenvalue weighted by atomic mass is 32.2. The molecule has 30 heavy (non-hydrogen) atoms. The Hall–Kier alpha value is -3.16. The zero-order valence-corrected chi connectivity index (χ0v) is 17.8. The normalized spacial score (nSPS) is 10.7. The molecule has 0 fully saturated rings. The van der Waals surface area contributed by atoms with E-state index in [1.807, 2.05) is 67.6 Å². The van der Waals surface area contributed by atoms with Gasteiger partial charge in [0.05, 0.1) is 16.0 Å². The van der Waals surface area contributed by atoms with E-state index < -0.39 is 0 Å². The SMILES string of the molecule is Cc1ccc(C(=O)Nc2cccc(SCC(=O)Nc3nc4ccccc4s3)c2)cc1. The fourth-order valence-corrected chi connectivity index (χ4v) is 4.44. The van der Waals surface area contributed by atoms with Crippen molar-refractivity contribution in [3.05, 3.63) is 83.9 Å². The van der Waals surface area contributed by atoms with Crippen LogP contribution in [0.5, 0.6) is 0 Å². The minimum absolute atomic E-state index is 0.117. The van der Waals surface area contributed by atoms with E-state index in [2.05, 4.69) is 15.6 Å². The number of fused-ring (bicyclic) bond motifs is 1. The number of anilines is 2. The number of para-hydroxylation sites is 1. The van der Waals surface area contributed by atoms with Crippen molar-refractivity contribution in [2.45, 2.75) is 11.8 Å². The van der Waals surface area contributed by atoms with E-state index >= 15 is 0 Å². The van der Waals surface area contributed by atoms with Gasteiger partial charge in [-0.05, 0) is 49.4 Å². The highest BCUT2D eigenvalue weighted by Gasteiger charge is 2.10. The lowest BCUT2D eigenvalue weighted by Crippen LogP contribution is -2.14. The molecule has 7 heteroatoms. The van der Waals surface area contributed by atoms with Gasteiger partial charge >= 0.3 is 0 Å². The molecule has 0 saturated heterocycles. The van der Waals surface area contributed by atoms with Gasteiger partial charge in [0, 0.05) is 16.1 Å². The number of amides is 2. The fraction of sp³-hybridized carbons (Fsp3) is 0.0870. The van der Waals surface area contributed by atoms with Crippen molar-refractivity contribution in [1.82, 2.24) is 4.98 Å². The summed E-state index contributed by atoms with van der Waals surface area (Å²) in [6.45, 7) is 1.98. The second-order valence-corrected chi connectivity index (χ2v) is 8.75. The van der Waals surface area contributed by atoms with Gasteiger partial charge in [-0.1, -0.05) is 47.2 Å². The molecule has 0 aliphatic rings. The molecule has 3 aromatic carbocycles. The van der Waals surface area contributed by atoms with Crippen molar-refractivity contribution >= 4 is 55.9 Å². The monoisotopic (exact) mass is 433 g/mol. The number of nitrogens with one attached hydrogen (secondary N) is 2. The van der Waals surface area contributed by atoms with Crippen molar-refractivity contribution in [2.75, 3.05) is 16.4 Å². The van der Waals surface area contributed by atoms with Crippen molar-refractivity contribution in [3.8, 4) is 0 Å². The number of carbonyl (C=O) groups excluding carboxylic acids is 2. The zero-order chi connectivity index (χ0) is 20.9. The first-order valence-corrected chi connectivity index (χ1v) is 11.1. The first-order valence-electron chi connectivity index (χ1n) is 9.33. The number of aryl methyl sites for hydroxylation is 1. The Morgan fingerprint density at radius 2 is 1.77 bits per heavy atom. The molecule has 0 unspecified atom stereocenters. The highest BCUT2D eigenvalue weighted by Crippen LogP contribution is 2.26. The van der Waals surface area contributed by atoms with E-state index in [-0.39, 0.29) is 17.6 Å². The molecule has 0 saturated carbocycles. The molecule has 0 radical (unpaired) electrons. The predicted octanol–water partition coefficient (Wildman–Crippen LogP) is 5.59. The number of hydrogen-bond donors (Lipinski definition) is 2. The minimum Gasteiger partial charge on any atom is -0.322 e. The van der Waals surface area contributed by atoms with Crippen molar-refractivity contribution in [2.24, 2.45) is 0 Å². The summed E-state index contributed by atoms with van der Waals surface area (Å²) >= 11 is 2.86. The van der Waals surface area contributed by atoms with E-state index in [0.29, 0.717) is 16.4 Å². The van der Waals surface area contributed by atoms with Crippen LogP contribution in [-0.4, -0.2) is 22.6 Å². The third kappa shape index (κ3) is 5.06. The van der Waals surface area contributed by atoms with Gasteiger partial charge in [-0.25, -0.2) is 4.98 Å². The number of hydrogen-bond acceptors (Lipinski definition) is 5. The topological polar surface area (TPSA) is 71.1 Å². The first-order chi connectivity index (χ1) is 14.6. The van der Waals surface area contributed by atoms with Crippen molar-refractivity contribution in [1.29, 1.82) is 0 Å². The van der Waals surface area contributed by atoms with Crippen LogP contribution in [0, 0.1) is 6.92 Å². The molecular formula is C23H19N3O2S2. The Bertz CT molecular complexity index is 1170. The third-order valence-corrected chi connectivity index (χ3v) is 6.26. The highest BCUT2D eigenvalue weighted by molar-refractivity contribution is 8.00. The Kier molecular flexibility index (Phi) is 6.11. The predicted molar refractivity (Wildman–Crippen MR) is 125 cm³/mol. The first kappa shape index (κ1) is 20.1. The second kappa shape index (κ2) is 9.11. The van der Waals surface area contributed by atoms with Gasteiger partial charge in [0.25, 0.3) is 5.91 Å². The number of thioether (sulfide) groups is 1. The number of nitrogens with zero attached hydrogens (tertiary/aromatic N) is 1. The van der Waals surface area contributed by atoms with Crippen molar-refractivity contribution in [3.63, 3.8) is 0 Å². The van der Waals surface area contributed by atoms with Crippen LogP contribution in [0.4, 0.5) is 10.8 Å². The van der Waals surface area contributed by atoms with Crippen LogP contribution in [0.1, 0.15) is 15.9 Å². The maximum absolute atomic E-state index is 12.4. The Morgan fingerprint density at radius 1 is 0.967 bits per heavy atom. The standard InChI is InChI=1S/C23H19N3O2S2/c1-15-9-11-16(12-10-15)22(28)24-17-5-4-6-18(13-17)29-14-21(27)26-23-25-19-7-2-3-8-20(19)30-23/h2-13H,14H2,1H3,(H,24,28)(H,25,26,27). The number of carbonyl (C=O) groups is 2. The van der Waals surface area contributed by atoms with E-state index in [1.54, 1.807) is 12.1 Å². The summed E-state index contributed by atoms with van der Waals surface area (Å²) in [7, 11) is 0. The average molecular weight is 434 g/mol. The van der Waals surface area contributed by atoms with Crippen LogP contribution in [0.2, 0.25) is 0 Å². The molecule has 0 bridgehead atoms. The lowest BCUT2D eigenvalue weighted by molar-refractivity contribution is -0.113. The van der Waals surface area contributed by atoms with Gasteiger partial charge in [0.1, 0.15) is 0 Å².